The number of pyridine rings is 1. The second-order valence-corrected chi connectivity index (χ2v) is 8.48. The molecular formula is C26H27N5O2S. The zero-order valence-corrected chi connectivity index (χ0v) is 19.9. The lowest BCUT2D eigenvalue weighted by Gasteiger charge is -2.11. The number of carbonyl (C=O) groups excluding carboxylic acids is 1. The molecular weight excluding hydrogens is 446 g/mol. The van der Waals surface area contributed by atoms with E-state index in [4.69, 9.17) is 4.74 Å². The zero-order valence-electron chi connectivity index (χ0n) is 19.1. The number of nitrogens with zero attached hydrogens (tertiary/aromatic N) is 4. The largest absolute Gasteiger partial charge is 0.494 e. The molecule has 0 aliphatic carbocycles. The molecule has 1 N–H and O–H groups in total. The summed E-state index contributed by atoms with van der Waals surface area (Å²) < 4.78 is 7.51. The van der Waals surface area contributed by atoms with E-state index < -0.39 is 0 Å². The van der Waals surface area contributed by atoms with Gasteiger partial charge in [-0.1, -0.05) is 42.1 Å². The second-order valence-electron chi connectivity index (χ2n) is 7.54. The van der Waals surface area contributed by atoms with Gasteiger partial charge in [-0.15, -0.1) is 10.2 Å². The van der Waals surface area contributed by atoms with Crippen molar-refractivity contribution in [3.63, 3.8) is 0 Å². The Morgan fingerprint density at radius 2 is 1.85 bits per heavy atom. The fourth-order valence-corrected chi connectivity index (χ4v) is 4.26. The monoisotopic (exact) mass is 473 g/mol. The fourth-order valence-electron chi connectivity index (χ4n) is 3.48. The quantitative estimate of drug-likeness (QED) is 0.254. The zero-order chi connectivity index (χ0) is 23.6. The predicted molar refractivity (Wildman–Crippen MR) is 134 cm³/mol. The molecule has 7 nitrogen and oxygen atoms in total. The SMILES string of the molecule is CCOc1ccc(-n2c(SCC(=O)NCCCc3ccccc3)nnc2-c2cccnc2)cc1. The van der Waals surface area contributed by atoms with Gasteiger partial charge in [-0.3, -0.25) is 14.3 Å². The van der Waals surface area contributed by atoms with Gasteiger partial charge >= 0.3 is 0 Å². The van der Waals surface area contributed by atoms with E-state index in [1.54, 1.807) is 12.4 Å². The van der Waals surface area contributed by atoms with Crippen LogP contribution in [-0.2, 0) is 11.2 Å². The highest BCUT2D eigenvalue weighted by molar-refractivity contribution is 7.99. The highest BCUT2D eigenvalue weighted by atomic mass is 32.2. The van der Waals surface area contributed by atoms with Crippen LogP contribution in [0.2, 0.25) is 0 Å². The van der Waals surface area contributed by atoms with E-state index >= 15 is 0 Å². The summed E-state index contributed by atoms with van der Waals surface area (Å²) in [5.41, 5.74) is 3.01. The maximum Gasteiger partial charge on any atom is 0.230 e. The smallest absolute Gasteiger partial charge is 0.230 e. The van der Waals surface area contributed by atoms with Gasteiger partial charge in [-0.05, 0) is 61.7 Å². The van der Waals surface area contributed by atoms with Crippen LogP contribution in [0.3, 0.4) is 0 Å². The topological polar surface area (TPSA) is 81.9 Å². The first-order chi connectivity index (χ1) is 16.7. The molecule has 0 fully saturated rings. The van der Waals surface area contributed by atoms with E-state index in [0.29, 0.717) is 24.1 Å². The van der Waals surface area contributed by atoms with E-state index in [1.807, 2.05) is 66.1 Å². The molecule has 0 aliphatic rings. The van der Waals surface area contributed by atoms with Crippen molar-refractivity contribution in [1.29, 1.82) is 0 Å². The molecule has 2 aromatic carbocycles. The predicted octanol–water partition coefficient (Wildman–Crippen LogP) is 4.57. The third-order valence-electron chi connectivity index (χ3n) is 5.10. The summed E-state index contributed by atoms with van der Waals surface area (Å²) in [6, 6.07) is 21.8. The molecule has 174 valence electrons. The Labute approximate surface area is 203 Å². The number of hydrogen-bond acceptors (Lipinski definition) is 6. The summed E-state index contributed by atoms with van der Waals surface area (Å²) in [6.07, 6.45) is 5.31. The summed E-state index contributed by atoms with van der Waals surface area (Å²) in [4.78, 5) is 16.7. The number of hydrogen-bond donors (Lipinski definition) is 1. The number of thioether (sulfide) groups is 1. The Kier molecular flexibility index (Phi) is 8.29. The summed E-state index contributed by atoms with van der Waals surface area (Å²) in [6.45, 7) is 3.20. The molecule has 1 amide bonds. The molecule has 4 aromatic rings. The van der Waals surface area contributed by atoms with Crippen LogP contribution in [0, 0.1) is 0 Å². The van der Waals surface area contributed by atoms with Gasteiger partial charge in [0.1, 0.15) is 5.75 Å². The third kappa shape index (κ3) is 6.23. The van der Waals surface area contributed by atoms with Gasteiger partial charge in [0, 0.05) is 30.2 Å². The van der Waals surface area contributed by atoms with E-state index in [1.165, 1.54) is 17.3 Å². The van der Waals surface area contributed by atoms with Crippen molar-refractivity contribution in [2.24, 2.45) is 0 Å². The van der Waals surface area contributed by atoms with Crippen LogP contribution >= 0.6 is 11.8 Å². The number of benzene rings is 2. The summed E-state index contributed by atoms with van der Waals surface area (Å²) >= 11 is 1.36. The molecule has 0 bridgehead atoms. The van der Waals surface area contributed by atoms with Crippen molar-refractivity contribution in [2.45, 2.75) is 24.9 Å². The van der Waals surface area contributed by atoms with Gasteiger partial charge in [0.15, 0.2) is 11.0 Å². The highest BCUT2D eigenvalue weighted by Crippen LogP contribution is 2.28. The van der Waals surface area contributed by atoms with Crippen LogP contribution in [0.15, 0.2) is 84.3 Å². The van der Waals surface area contributed by atoms with Crippen molar-refractivity contribution in [1.82, 2.24) is 25.1 Å². The minimum absolute atomic E-state index is 0.0257. The first-order valence-electron chi connectivity index (χ1n) is 11.3. The lowest BCUT2D eigenvalue weighted by atomic mass is 10.1. The molecule has 0 atom stereocenters. The Morgan fingerprint density at radius 1 is 1.03 bits per heavy atom. The number of aryl methyl sites for hydroxylation is 1. The Balaban J connectivity index is 1.42. The Morgan fingerprint density at radius 3 is 2.59 bits per heavy atom. The number of ether oxygens (including phenoxy) is 1. The van der Waals surface area contributed by atoms with Crippen LogP contribution in [0.5, 0.6) is 5.75 Å². The number of aromatic nitrogens is 4. The minimum atomic E-state index is -0.0257. The molecule has 0 aliphatic heterocycles. The summed E-state index contributed by atoms with van der Waals surface area (Å²) in [7, 11) is 0. The molecule has 0 unspecified atom stereocenters. The van der Waals surface area contributed by atoms with E-state index in [-0.39, 0.29) is 11.7 Å². The van der Waals surface area contributed by atoms with Crippen LogP contribution in [0.1, 0.15) is 18.9 Å². The van der Waals surface area contributed by atoms with Gasteiger partial charge in [0.05, 0.1) is 12.4 Å². The average Bonchev–Trinajstić information content (AvgIpc) is 3.31. The molecule has 4 rings (SSSR count). The maximum absolute atomic E-state index is 12.5. The first kappa shape index (κ1) is 23.5. The van der Waals surface area contributed by atoms with E-state index in [2.05, 4.69) is 32.6 Å². The summed E-state index contributed by atoms with van der Waals surface area (Å²) in [5.74, 6) is 1.70. The van der Waals surface area contributed by atoms with Crippen molar-refractivity contribution in [3.8, 4) is 22.8 Å². The standard InChI is InChI=1S/C26H27N5O2S/c1-2-33-23-14-12-22(13-15-23)31-25(21-11-7-16-27-18-21)29-30-26(31)34-19-24(32)28-17-6-10-20-8-4-3-5-9-20/h3-5,7-9,11-16,18H,2,6,10,17,19H2,1H3,(H,28,32). The molecule has 0 saturated heterocycles. The van der Waals surface area contributed by atoms with Crippen molar-refractivity contribution in [2.75, 3.05) is 18.9 Å². The van der Waals surface area contributed by atoms with Gasteiger partial charge in [0.25, 0.3) is 0 Å². The van der Waals surface area contributed by atoms with E-state index in [9.17, 15) is 4.79 Å². The molecule has 0 radical (unpaired) electrons. The molecule has 0 saturated carbocycles. The Bertz CT molecular complexity index is 1180. The molecule has 34 heavy (non-hydrogen) atoms. The average molecular weight is 474 g/mol. The summed E-state index contributed by atoms with van der Waals surface area (Å²) in [5, 5.41) is 12.4. The van der Waals surface area contributed by atoms with Gasteiger partial charge in [-0.25, -0.2) is 0 Å². The van der Waals surface area contributed by atoms with Crippen molar-refractivity contribution >= 4 is 17.7 Å². The number of rotatable bonds is 11. The van der Waals surface area contributed by atoms with Gasteiger partial charge in [-0.2, -0.15) is 0 Å². The molecule has 2 heterocycles. The van der Waals surface area contributed by atoms with Crippen molar-refractivity contribution in [3.05, 3.63) is 84.7 Å². The lowest BCUT2D eigenvalue weighted by molar-refractivity contribution is -0.118. The maximum atomic E-state index is 12.5. The van der Waals surface area contributed by atoms with Crippen molar-refractivity contribution < 1.29 is 9.53 Å². The normalized spacial score (nSPS) is 10.7. The number of amides is 1. The van der Waals surface area contributed by atoms with E-state index in [0.717, 1.165) is 29.8 Å². The molecule has 2 aromatic heterocycles. The van der Waals surface area contributed by atoms with Crippen LogP contribution in [0.4, 0.5) is 0 Å². The van der Waals surface area contributed by atoms with Gasteiger partial charge in [0.2, 0.25) is 5.91 Å². The van der Waals surface area contributed by atoms with Crippen LogP contribution < -0.4 is 10.1 Å². The Hall–Kier alpha value is -3.65. The van der Waals surface area contributed by atoms with Crippen LogP contribution in [-0.4, -0.2) is 44.6 Å². The second kappa shape index (κ2) is 12.0. The number of carbonyl (C=O) groups is 1. The fraction of sp³-hybridized carbons (Fsp3) is 0.231. The first-order valence-corrected chi connectivity index (χ1v) is 12.3. The van der Waals surface area contributed by atoms with Gasteiger partial charge < -0.3 is 10.1 Å². The highest BCUT2D eigenvalue weighted by Gasteiger charge is 2.17. The minimum Gasteiger partial charge on any atom is -0.494 e. The van der Waals surface area contributed by atoms with Crippen LogP contribution in [0.25, 0.3) is 17.1 Å². The molecule has 8 heteroatoms. The lowest BCUT2D eigenvalue weighted by Crippen LogP contribution is -2.26. The third-order valence-corrected chi connectivity index (χ3v) is 6.03. The number of nitrogens with one attached hydrogen (secondary N) is 1. The molecule has 0 spiro atoms.